The van der Waals surface area contributed by atoms with Gasteiger partial charge in [-0.15, -0.1) is 0 Å². The molecule has 0 aliphatic rings. The second-order valence-corrected chi connectivity index (χ2v) is 5.37. The van der Waals surface area contributed by atoms with Crippen LogP contribution in [0.2, 0.25) is 0 Å². The van der Waals surface area contributed by atoms with Gasteiger partial charge in [-0.1, -0.05) is 33.6 Å². The van der Waals surface area contributed by atoms with Crippen molar-refractivity contribution in [1.29, 1.82) is 0 Å². The molecule has 0 saturated heterocycles. The zero-order valence-corrected chi connectivity index (χ0v) is 12.4. The molecule has 112 valence electrons. The summed E-state index contributed by atoms with van der Waals surface area (Å²) in [7, 11) is 0. The fourth-order valence-corrected chi connectivity index (χ4v) is 1.87. The molecule has 6 nitrogen and oxygen atoms in total. The van der Waals surface area contributed by atoms with Crippen LogP contribution in [0.3, 0.4) is 0 Å². The zero-order valence-electron chi connectivity index (χ0n) is 12.4. The fourth-order valence-electron chi connectivity index (χ4n) is 1.87. The number of aryl methyl sites for hydroxylation is 1. The van der Waals surface area contributed by atoms with Crippen LogP contribution in [0.25, 0.3) is 0 Å². The number of unbranched alkanes of at least 4 members (excludes halogenated alkanes) is 2. The van der Waals surface area contributed by atoms with Crippen LogP contribution >= 0.6 is 0 Å². The number of nitrogen functional groups attached to an aromatic ring is 1. The van der Waals surface area contributed by atoms with Crippen molar-refractivity contribution in [1.82, 2.24) is 9.55 Å². The summed E-state index contributed by atoms with van der Waals surface area (Å²) in [5.41, 5.74) is 11.6. The first kappa shape index (κ1) is 16.4. The molecule has 4 N–H and O–H groups in total. The van der Waals surface area contributed by atoms with E-state index < -0.39 is 17.6 Å². The summed E-state index contributed by atoms with van der Waals surface area (Å²) in [6.45, 7) is 5.77. The Hall–Kier alpha value is -1.69. The van der Waals surface area contributed by atoms with E-state index in [4.69, 9.17) is 11.5 Å². The van der Waals surface area contributed by atoms with E-state index in [-0.39, 0.29) is 11.7 Å². The van der Waals surface area contributed by atoms with Gasteiger partial charge in [0.1, 0.15) is 5.82 Å². The molecular formula is C14H24N4O2. The number of aromatic nitrogens is 2. The molecular weight excluding hydrogens is 256 g/mol. The summed E-state index contributed by atoms with van der Waals surface area (Å²) < 4.78 is 0.988. The first-order valence-corrected chi connectivity index (χ1v) is 7.06. The van der Waals surface area contributed by atoms with Gasteiger partial charge in [0.05, 0.1) is 6.04 Å². The number of carbonyl (C=O) groups is 1. The van der Waals surface area contributed by atoms with Gasteiger partial charge < -0.3 is 11.5 Å². The molecule has 0 fully saturated rings. The quantitative estimate of drug-likeness (QED) is 0.761. The third-order valence-electron chi connectivity index (χ3n) is 3.33. The van der Waals surface area contributed by atoms with Crippen LogP contribution in [-0.2, 0) is 6.42 Å². The highest BCUT2D eigenvalue weighted by molar-refractivity contribution is 5.84. The van der Waals surface area contributed by atoms with Crippen molar-refractivity contribution in [3.63, 3.8) is 0 Å². The van der Waals surface area contributed by atoms with Crippen LogP contribution in [-0.4, -0.2) is 21.5 Å². The highest BCUT2D eigenvalue weighted by Crippen LogP contribution is 2.11. The SMILES string of the molecule is CCCCCc1cn(C(=O)C(N)C(C)C)c(=O)nc1N. The maximum atomic E-state index is 12.2. The van der Waals surface area contributed by atoms with Gasteiger partial charge in [-0.2, -0.15) is 4.98 Å². The fraction of sp³-hybridized carbons (Fsp3) is 0.643. The Morgan fingerprint density at radius 2 is 2.05 bits per heavy atom. The van der Waals surface area contributed by atoms with E-state index in [2.05, 4.69) is 11.9 Å². The summed E-state index contributed by atoms with van der Waals surface area (Å²) in [5.74, 6) is -0.280. The molecule has 1 heterocycles. The van der Waals surface area contributed by atoms with Gasteiger partial charge in [0.2, 0.25) is 0 Å². The highest BCUT2D eigenvalue weighted by Gasteiger charge is 2.21. The molecule has 0 radical (unpaired) electrons. The molecule has 0 amide bonds. The molecule has 0 bridgehead atoms. The standard InChI is InChI=1S/C14H24N4O2/c1-4-5-6-7-10-8-18(14(20)17-12(10)16)13(19)11(15)9(2)3/h8-9,11H,4-7,15H2,1-3H3,(H2,16,17,20). The third-order valence-corrected chi connectivity index (χ3v) is 3.33. The molecule has 0 saturated carbocycles. The first-order valence-electron chi connectivity index (χ1n) is 7.06. The van der Waals surface area contributed by atoms with E-state index in [9.17, 15) is 9.59 Å². The predicted octanol–water partition coefficient (Wildman–Crippen LogP) is 1.18. The maximum Gasteiger partial charge on any atom is 0.356 e. The van der Waals surface area contributed by atoms with E-state index >= 15 is 0 Å². The number of hydrogen-bond acceptors (Lipinski definition) is 5. The van der Waals surface area contributed by atoms with Crippen LogP contribution in [0.4, 0.5) is 5.82 Å². The van der Waals surface area contributed by atoms with Crippen LogP contribution in [0.5, 0.6) is 0 Å². The molecule has 0 aromatic carbocycles. The summed E-state index contributed by atoms with van der Waals surface area (Å²) in [4.78, 5) is 27.7. The highest BCUT2D eigenvalue weighted by atomic mass is 16.2. The van der Waals surface area contributed by atoms with E-state index in [0.29, 0.717) is 6.42 Å². The summed E-state index contributed by atoms with van der Waals surface area (Å²) in [6.07, 6.45) is 5.30. The number of hydrogen-bond donors (Lipinski definition) is 2. The zero-order chi connectivity index (χ0) is 15.3. The average molecular weight is 280 g/mol. The molecule has 0 aliphatic heterocycles. The Kier molecular flexibility index (Phi) is 5.88. The lowest BCUT2D eigenvalue weighted by Crippen LogP contribution is -2.44. The van der Waals surface area contributed by atoms with Crippen LogP contribution in [0.1, 0.15) is 50.4 Å². The Bertz CT molecular complexity index is 522. The number of carbonyl (C=O) groups excluding carboxylic acids is 1. The van der Waals surface area contributed by atoms with E-state index in [1.165, 1.54) is 6.20 Å². The molecule has 20 heavy (non-hydrogen) atoms. The lowest BCUT2D eigenvalue weighted by atomic mass is 10.0. The van der Waals surface area contributed by atoms with Gasteiger partial charge in [0.15, 0.2) is 0 Å². The van der Waals surface area contributed by atoms with Gasteiger partial charge in [-0.05, 0) is 18.8 Å². The molecule has 1 atom stereocenters. The number of anilines is 1. The van der Waals surface area contributed by atoms with Crippen molar-refractivity contribution in [3.05, 3.63) is 22.2 Å². The predicted molar refractivity (Wildman–Crippen MR) is 79.6 cm³/mol. The van der Waals surface area contributed by atoms with Gasteiger partial charge >= 0.3 is 5.69 Å². The largest absolute Gasteiger partial charge is 0.383 e. The van der Waals surface area contributed by atoms with Gasteiger partial charge in [0, 0.05) is 11.8 Å². The van der Waals surface area contributed by atoms with E-state index in [0.717, 1.165) is 29.4 Å². The van der Waals surface area contributed by atoms with Crippen molar-refractivity contribution in [2.75, 3.05) is 5.73 Å². The number of rotatable bonds is 6. The lowest BCUT2D eigenvalue weighted by molar-refractivity contribution is 0.0850. The van der Waals surface area contributed by atoms with Crippen molar-refractivity contribution in [2.45, 2.75) is 52.5 Å². The second-order valence-electron chi connectivity index (χ2n) is 5.37. The van der Waals surface area contributed by atoms with Crippen molar-refractivity contribution >= 4 is 11.7 Å². The minimum absolute atomic E-state index is 0.0458. The Morgan fingerprint density at radius 1 is 1.40 bits per heavy atom. The van der Waals surface area contributed by atoms with E-state index in [1.807, 2.05) is 13.8 Å². The molecule has 6 heteroatoms. The second kappa shape index (κ2) is 7.19. The van der Waals surface area contributed by atoms with Crippen LogP contribution in [0.15, 0.2) is 11.0 Å². The van der Waals surface area contributed by atoms with Crippen molar-refractivity contribution in [3.8, 4) is 0 Å². The normalized spacial score (nSPS) is 12.7. The minimum atomic E-state index is -0.721. The third kappa shape index (κ3) is 3.90. The molecule has 0 aliphatic carbocycles. The number of nitrogens with two attached hydrogens (primary N) is 2. The summed E-state index contributed by atoms with van der Waals surface area (Å²) >= 11 is 0. The summed E-state index contributed by atoms with van der Waals surface area (Å²) in [6, 6.07) is -0.721. The Balaban J connectivity index is 3.05. The number of nitrogens with zero attached hydrogens (tertiary/aromatic N) is 2. The van der Waals surface area contributed by atoms with Gasteiger partial charge in [-0.25, -0.2) is 9.36 Å². The topological polar surface area (TPSA) is 104 Å². The van der Waals surface area contributed by atoms with Gasteiger partial charge in [0.25, 0.3) is 5.91 Å². The molecule has 1 unspecified atom stereocenters. The van der Waals surface area contributed by atoms with Crippen molar-refractivity contribution in [2.24, 2.45) is 11.7 Å². The molecule has 1 aromatic heterocycles. The lowest BCUT2D eigenvalue weighted by Gasteiger charge is -2.16. The average Bonchev–Trinajstić information content (AvgIpc) is 2.39. The van der Waals surface area contributed by atoms with Crippen molar-refractivity contribution < 1.29 is 4.79 Å². The maximum absolute atomic E-state index is 12.2. The van der Waals surface area contributed by atoms with Gasteiger partial charge in [-0.3, -0.25) is 4.79 Å². The Labute approximate surface area is 119 Å². The minimum Gasteiger partial charge on any atom is -0.383 e. The molecule has 1 aromatic rings. The van der Waals surface area contributed by atoms with Crippen LogP contribution in [0, 0.1) is 5.92 Å². The van der Waals surface area contributed by atoms with E-state index in [1.54, 1.807) is 0 Å². The molecule has 0 spiro atoms. The summed E-state index contributed by atoms with van der Waals surface area (Å²) in [5, 5.41) is 0. The monoisotopic (exact) mass is 280 g/mol. The first-order chi connectivity index (χ1) is 9.38. The Morgan fingerprint density at radius 3 is 2.60 bits per heavy atom. The smallest absolute Gasteiger partial charge is 0.356 e. The molecule has 1 rings (SSSR count). The van der Waals surface area contributed by atoms with Crippen LogP contribution < -0.4 is 17.2 Å².